The van der Waals surface area contributed by atoms with Crippen LogP contribution in [0.1, 0.15) is 22.3 Å². The fourth-order valence-electron chi connectivity index (χ4n) is 8.92. The van der Waals surface area contributed by atoms with Gasteiger partial charge < -0.3 is 0 Å². The highest BCUT2D eigenvalue weighted by atomic mass is 32.1. The van der Waals surface area contributed by atoms with Crippen molar-refractivity contribution in [2.24, 2.45) is 0 Å². The SMILES string of the molecule is c1ccc(-c2nc(-c3cccc(-c4ccc5c(c4)sc4ccccc45)c3)cc(-c3cccc4c3-c3ccccc3C4(c3ccccc3)c3ccccc3)n2)cc1. The second kappa shape index (κ2) is 13.1. The zero-order chi connectivity index (χ0) is 37.1. The van der Waals surface area contributed by atoms with Gasteiger partial charge in [0.15, 0.2) is 5.82 Å². The molecular weight excluding hydrogens is 697 g/mol. The summed E-state index contributed by atoms with van der Waals surface area (Å²) in [6.45, 7) is 0. The lowest BCUT2D eigenvalue weighted by Crippen LogP contribution is -2.28. The molecule has 11 rings (SSSR count). The van der Waals surface area contributed by atoms with Crippen LogP contribution in [0.5, 0.6) is 0 Å². The van der Waals surface area contributed by atoms with E-state index in [-0.39, 0.29) is 0 Å². The third kappa shape index (κ3) is 5.09. The molecule has 56 heavy (non-hydrogen) atoms. The lowest BCUT2D eigenvalue weighted by atomic mass is 9.67. The van der Waals surface area contributed by atoms with E-state index in [1.807, 2.05) is 17.4 Å². The molecule has 0 amide bonds. The summed E-state index contributed by atoms with van der Waals surface area (Å²) in [5.41, 5.74) is 14.2. The molecule has 262 valence electrons. The highest BCUT2D eigenvalue weighted by Gasteiger charge is 2.46. The molecule has 0 radical (unpaired) electrons. The molecule has 0 N–H and O–H groups in total. The fourth-order valence-corrected chi connectivity index (χ4v) is 10.1. The second-order valence-electron chi connectivity index (χ2n) is 14.5. The number of rotatable bonds is 6. The third-order valence-corrected chi connectivity index (χ3v) is 12.5. The molecule has 0 unspecified atom stereocenters. The highest BCUT2D eigenvalue weighted by molar-refractivity contribution is 7.25. The molecule has 3 heteroatoms. The van der Waals surface area contributed by atoms with Crippen molar-refractivity contribution >= 4 is 31.5 Å². The highest BCUT2D eigenvalue weighted by Crippen LogP contribution is 2.58. The van der Waals surface area contributed by atoms with Gasteiger partial charge >= 0.3 is 0 Å². The zero-order valence-corrected chi connectivity index (χ0v) is 31.2. The summed E-state index contributed by atoms with van der Waals surface area (Å²) in [7, 11) is 0. The Morgan fingerprint density at radius 3 is 1.73 bits per heavy atom. The topological polar surface area (TPSA) is 25.8 Å². The van der Waals surface area contributed by atoms with Gasteiger partial charge in [0.2, 0.25) is 0 Å². The van der Waals surface area contributed by atoms with Crippen molar-refractivity contribution in [3.8, 4) is 56.2 Å². The standard InChI is InChI=1S/C53H34N2S/c1-4-16-35(17-5-1)52-54-47(38-19-14-18-36(32-38)37-30-31-42-41-24-11-13-29-49(41)56-50(42)33-37)34-48(55-52)44-26-15-28-46-51(44)43-25-10-12-27-45(43)53(46,39-20-6-2-7-21-39)40-22-8-3-9-23-40/h1-34H. The van der Waals surface area contributed by atoms with E-state index in [0.29, 0.717) is 5.82 Å². The summed E-state index contributed by atoms with van der Waals surface area (Å²) in [5.74, 6) is 0.705. The number of hydrogen-bond donors (Lipinski definition) is 0. The summed E-state index contributed by atoms with van der Waals surface area (Å²) in [4.78, 5) is 10.6. The maximum absolute atomic E-state index is 5.37. The first-order chi connectivity index (χ1) is 27.8. The Morgan fingerprint density at radius 1 is 0.357 bits per heavy atom. The van der Waals surface area contributed by atoms with Gasteiger partial charge in [-0.25, -0.2) is 9.97 Å². The molecular formula is C53H34N2S. The number of fused-ring (bicyclic) bond motifs is 6. The first kappa shape index (κ1) is 32.5. The van der Waals surface area contributed by atoms with Gasteiger partial charge in [0, 0.05) is 36.9 Å². The quantitative estimate of drug-likeness (QED) is 0.170. The van der Waals surface area contributed by atoms with Crippen LogP contribution in [-0.4, -0.2) is 9.97 Å². The minimum Gasteiger partial charge on any atom is -0.228 e. The first-order valence-electron chi connectivity index (χ1n) is 19.1. The van der Waals surface area contributed by atoms with Gasteiger partial charge in [-0.05, 0) is 68.8 Å². The van der Waals surface area contributed by atoms with E-state index >= 15 is 0 Å². The normalized spacial score (nSPS) is 12.8. The number of thiophene rings is 1. The Labute approximate surface area is 330 Å². The first-order valence-corrected chi connectivity index (χ1v) is 19.9. The monoisotopic (exact) mass is 730 g/mol. The molecule has 1 aliphatic rings. The molecule has 0 aliphatic heterocycles. The van der Waals surface area contributed by atoms with Crippen LogP contribution in [0.25, 0.3) is 76.3 Å². The van der Waals surface area contributed by atoms with Gasteiger partial charge in [0.05, 0.1) is 16.8 Å². The third-order valence-electron chi connectivity index (χ3n) is 11.4. The van der Waals surface area contributed by atoms with Gasteiger partial charge in [0.25, 0.3) is 0 Å². The fraction of sp³-hybridized carbons (Fsp3) is 0.0189. The maximum atomic E-state index is 5.37. The van der Waals surface area contributed by atoms with Crippen molar-refractivity contribution in [2.75, 3.05) is 0 Å². The molecule has 0 fully saturated rings. The molecule has 0 spiro atoms. The van der Waals surface area contributed by atoms with E-state index in [4.69, 9.17) is 9.97 Å². The Bertz CT molecular complexity index is 3040. The second-order valence-corrected chi connectivity index (χ2v) is 15.6. The van der Waals surface area contributed by atoms with Gasteiger partial charge in [0.1, 0.15) is 0 Å². The Kier molecular flexibility index (Phi) is 7.61. The van der Waals surface area contributed by atoms with E-state index in [1.165, 1.54) is 59.1 Å². The lowest BCUT2D eigenvalue weighted by Gasteiger charge is -2.33. The van der Waals surface area contributed by atoms with Gasteiger partial charge in [-0.3, -0.25) is 0 Å². The van der Waals surface area contributed by atoms with Crippen LogP contribution in [0.15, 0.2) is 206 Å². The van der Waals surface area contributed by atoms with Crippen molar-refractivity contribution in [3.63, 3.8) is 0 Å². The number of benzene rings is 8. The average Bonchev–Trinajstić information content (AvgIpc) is 3.81. The molecule has 10 aromatic rings. The molecule has 1 aliphatic carbocycles. The van der Waals surface area contributed by atoms with Crippen LogP contribution in [0.4, 0.5) is 0 Å². The van der Waals surface area contributed by atoms with E-state index in [2.05, 4.69) is 200 Å². The number of aromatic nitrogens is 2. The molecule has 2 heterocycles. The Morgan fingerprint density at radius 2 is 0.929 bits per heavy atom. The summed E-state index contributed by atoms with van der Waals surface area (Å²) < 4.78 is 2.61. The van der Waals surface area contributed by atoms with Crippen LogP contribution in [0.3, 0.4) is 0 Å². The van der Waals surface area contributed by atoms with E-state index in [0.717, 1.165) is 33.6 Å². The van der Waals surface area contributed by atoms with Crippen LogP contribution >= 0.6 is 11.3 Å². The van der Waals surface area contributed by atoms with E-state index in [1.54, 1.807) is 0 Å². The van der Waals surface area contributed by atoms with Crippen molar-refractivity contribution < 1.29 is 0 Å². The van der Waals surface area contributed by atoms with Crippen LogP contribution in [0, 0.1) is 0 Å². The molecule has 0 saturated heterocycles. The zero-order valence-electron chi connectivity index (χ0n) is 30.4. The number of hydrogen-bond acceptors (Lipinski definition) is 3. The predicted octanol–water partition coefficient (Wildman–Crippen LogP) is 13.9. The molecule has 0 saturated carbocycles. The van der Waals surface area contributed by atoms with Crippen LogP contribution in [0.2, 0.25) is 0 Å². The van der Waals surface area contributed by atoms with Gasteiger partial charge in [-0.1, -0.05) is 182 Å². The summed E-state index contributed by atoms with van der Waals surface area (Å²) >= 11 is 1.85. The largest absolute Gasteiger partial charge is 0.228 e. The lowest BCUT2D eigenvalue weighted by molar-refractivity contribution is 0.768. The van der Waals surface area contributed by atoms with Crippen molar-refractivity contribution in [1.29, 1.82) is 0 Å². The molecule has 8 aromatic carbocycles. The number of nitrogens with zero attached hydrogens (tertiary/aromatic N) is 2. The van der Waals surface area contributed by atoms with Crippen molar-refractivity contribution in [3.05, 3.63) is 229 Å². The minimum atomic E-state index is -0.494. The molecule has 0 atom stereocenters. The van der Waals surface area contributed by atoms with Gasteiger partial charge in [-0.2, -0.15) is 0 Å². The summed E-state index contributed by atoms with van der Waals surface area (Å²) in [6.07, 6.45) is 0. The van der Waals surface area contributed by atoms with Gasteiger partial charge in [-0.15, -0.1) is 11.3 Å². The maximum Gasteiger partial charge on any atom is 0.160 e. The molecule has 2 nitrogen and oxygen atoms in total. The van der Waals surface area contributed by atoms with Crippen molar-refractivity contribution in [1.82, 2.24) is 9.97 Å². The van der Waals surface area contributed by atoms with E-state index < -0.39 is 5.41 Å². The Balaban J connectivity index is 1.12. The smallest absolute Gasteiger partial charge is 0.160 e. The Hall–Kier alpha value is -6.94. The average molecular weight is 731 g/mol. The summed E-state index contributed by atoms with van der Waals surface area (Å²) in [5, 5.41) is 2.62. The van der Waals surface area contributed by atoms with Crippen molar-refractivity contribution in [2.45, 2.75) is 5.41 Å². The van der Waals surface area contributed by atoms with E-state index in [9.17, 15) is 0 Å². The molecule has 2 aromatic heterocycles. The summed E-state index contributed by atoms with van der Waals surface area (Å²) in [6, 6.07) is 74.4. The van der Waals surface area contributed by atoms with Crippen LogP contribution < -0.4 is 0 Å². The van der Waals surface area contributed by atoms with Crippen LogP contribution in [-0.2, 0) is 5.41 Å². The molecule has 0 bridgehead atoms. The predicted molar refractivity (Wildman–Crippen MR) is 234 cm³/mol. The minimum absolute atomic E-state index is 0.494.